The molecule has 3 aromatic carbocycles. The number of rotatable bonds is 12. The minimum absolute atomic E-state index is 0.0313. The number of aromatic nitrogens is 1. The first kappa shape index (κ1) is 33.7. The van der Waals surface area contributed by atoms with E-state index in [4.69, 9.17) is 15.2 Å². The van der Waals surface area contributed by atoms with Gasteiger partial charge in [-0.05, 0) is 73.4 Å². The topological polar surface area (TPSA) is 115 Å². The zero-order valence-electron chi connectivity index (χ0n) is 27.1. The number of carbonyl (C=O) groups excluding carboxylic acids is 3. The standard InChI is InChI=1S/C37H34F2N4O5S/c1-22(21-47-3)42(23(2)44)20-24-4-6-25(7-5-24)33-19-30-34(49-33)32(14-17-41-30)48-31-13-12-28(18-29(31)39)43(27-10-8-26(38)9-11-27)36(46)37(15-16-37)35(40)45/h4-14,17-19,22H,15-16,20-21H2,1-3H3,(H2,40,45)/t22-/m0/s1. The molecule has 1 aliphatic carbocycles. The number of nitrogens with two attached hydrogens (primary N) is 1. The Labute approximate surface area is 285 Å². The van der Waals surface area contributed by atoms with Gasteiger partial charge in [-0.2, -0.15) is 0 Å². The van der Waals surface area contributed by atoms with Gasteiger partial charge >= 0.3 is 0 Å². The molecule has 0 radical (unpaired) electrons. The van der Waals surface area contributed by atoms with Crippen LogP contribution in [0, 0.1) is 17.0 Å². The number of hydrogen-bond acceptors (Lipinski definition) is 7. The van der Waals surface area contributed by atoms with E-state index < -0.39 is 28.9 Å². The third-order valence-electron chi connectivity index (χ3n) is 8.62. The number of thiophene rings is 1. The van der Waals surface area contributed by atoms with Gasteiger partial charge in [0.05, 0.1) is 28.6 Å². The largest absolute Gasteiger partial charge is 0.453 e. The minimum atomic E-state index is -1.39. The Hall–Kier alpha value is -5.20. The third kappa shape index (κ3) is 6.87. The van der Waals surface area contributed by atoms with Crippen molar-refractivity contribution in [1.82, 2.24) is 9.88 Å². The number of fused-ring (bicyclic) bond motifs is 1. The van der Waals surface area contributed by atoms with E-state index in [1.165, 1.54) is 52.6 Å². The maximum Gasteiger partial charge on any atom is 0.247 e. The van der Waals surface area contributed by atoms with Crippen molar-refractivity contribution in [3.63, 3.8) is 0 Å². The van der Waals surface area contributed by atoms with E-state index in [1.54, 1.807) is 31.2 Å². The number of ether oxygens (including phenoxy) is 2. The summed E-state index contributed by atoms with van der Waals surface area (Å²) in [5.41, 5.74) is 7.17. The second-order valence-corrected chi connectivity index (χ2v) is 13.1. The molecular weight excluding hydrogens is 650 g/mol. The Morgan fingerprint density at radius 3 is 2.27 bits per heavy atom. The molecule has 1 aliphatic rings. The fourth-order valence-corrected chi connectivity index (χ4v) is 6.80. The molecule has 0 bridgehead atoms. The lowest BCUT2D eigenvalue weighted by molar-refractivity contribution is -0.134. The van der Waals surface area contributed by atoms with Gasteiger partial charge in [-0.15, -0.1) is 11.3 Å². The number of halogens is 2. The first-order valence-electron chi connectivity index (χ1n) is 15.6. The molecule has 2 aromatic heterocycles. The third-order valence-corrected chi connectivity index (χ3v) is 9.81. The van der Waals surface area contributed by atoms with Crippen molar-refractivity contribution in [2.45, 2.75) is 39.3 Å². The Balaban J connectivity index is 1.25. The molecule has 12 heteroatoms. The first-order valence-corrected chi connectivity index (χ1v) is 16.4. The van der Waals surface area contributed by atoms with Crippen molar-refractivity contribution < 1.29 is 32.6 Å². The molecule has 0 aliphatic heterocycles. The van der Waals surface area contributed by atoms with Crippen molar-refractivity contribution >= 4 is 50.6 Å². The van der Waals surface area contributed by atoms with Crippen LogP contribution in [0.2, 0.25) is 0 Å². The van der Waals surface area contributed by atoms with Crippen LogP contribution < -0.4 is 15.4 Å². The maximum absolute atomic E-state index is 15.7. The lowest BCUT2D eigenvalue weighted by atomic mass is 10.0. The number of primary amides is 1. The summed E-state index contributed by atoms with van der Waals surface area (Å²) in [4.78, 5) is 46.4. The molecule has 9 nitrogen and oxygen atoms in total. The summed E-state index contributed by atoms with van der Waals surface area (Å²) >= 11 is 1.44. The number of nitrogens with zero attached hydrogens (tertiary/aromatic N) is 3. The Kier molecular flexibility index (Phi) is 9.44. The van der Waals surface area contributed by atoms with Gasteiger partial charge in [0.15, 0.2) is 11.6 Å². The molecule has 0 saturated heterocycles. The number of amides is 3. The number of carbonyl (C=O) groups is 3. The molecule has 1 saturated carbocycles. The minimum Gasteiger partial charge on any atom is -0.453 e. The number of pyridine rings is 1. The Morgan fingerprint density at radius 2 is 1.65 bits per heavy atom. The van der Waals surface area contributed by atoms with Gasteiger partial charge in [0.25, 0.3) is 0 Å². The Morgan fingerprint density at radius 1 is 0.959 bits per heavy atom. The molecule has 2 heterocycles. The second-order valence-electron chi connectivity index (χ2n) is 12.1. The summed E-state index contributed by atoms with van der Waals surface area (Å²) in [7, 11) is 1.61. The smallest absolute Gasteiger partial charge is 0.247 e. The highest BCUT2D eigenvalue weighted by molar-refractivity contribution is 7.22. The van der Waals surface area contributed by atoms with Crippen LogP contribution in [0.5, 0.6) is 11.5 Å². The molecule has 1 fully saturated rings. The molecule has 2 N–H and O–H groups in total. The zero-order chi connectivity index (χ0) is 34.9. The monoisotopic (exact) mass is 684 g/mol. The molecule has 0 unspecified atom stereocenters. The maximum atomic E-state index is 15.7. The first-order chi connectivity index (χ1) is 23.5. The fraction of sp³-hybridized carbons (Fsp3) is 0.243. The van der Waals surface area contributed by atoms with E-state index >= 15 is 4.39 Å². The molecular formula is C37H34F2N4O5S. The average molecular weight is 685 g/mol. The lowest BCUT2D eigenvalue weighted by Gasteiger charge is -2.27. The van der Waals surface area contributed by atoms with E-state index in [9.17, 15) is 18.8 Å². The average Bonchev–Trinajstić information content (AvgIpc) is 3.79. The summed E-state index contributed by atoms with van der Waals surface area (Å²) < 4.78 is 41.4. The second kappa shape index (κ2) is 13.7. The van der Waals surface area contributed by atoms with E-state index in [1.807, 2.05) is 37.3 Å². The van der Waals surface area contributed by atoms with E-state index in [0.29, 0.717) is 29.1 Å². The van der Waals surface area contributed by atoms with Gasteiger partial charge in [0.2, 0.25) is 17.7 Å². The van der Waals surface area contributed by atoms with Crippen LogP contribution in [-0.2, 0) is 25.7 Å². The van der Waals surface area contributed by atoms with Crippen molar-refractivity contribution in [2.75, 3.05) is 18.6 Å². The molecule has 1 atom stereocenters. The lowest BCUT2D eigenvalue weighted by Crippen LogP contribution is -2.41. The van der Waals surface area contributed by atoms with Crippen molar-refractivity contribution in [3.05, 3.63) is 102 Å². The Bertz CT molecular complexity index is 2030. The van der Waals surface area contributed by atoms with E-state index in [-0.39, 0.29) is 41.9 Å². The number of hydrogen-bond donors (Lipinski definition) is 1. The predicted molar refractivity (Wildman–Crippen MR) is 183 cm³/mol. The summed E-state index contributed by atoms with van der Waals surface area (Å²) in [6.45, 7) is 4.39. The zero-order valence-corrected chi connectivity index (χ0v) is 27.9. The SMILES string of the molecule is COC[C@H](C)N(Cc1ccc(-c2cc3nccc(Oc4ccc(N(C(=O)C5(C(N)=O)CC5)c5ccc(F)cc5)cc4F)c3s2)cc1)C(C)=O. The summed E-state index contributed by atoms with van der Waals surface area (Å²) in [6, 6.07) is 20.6. The molecule has 0 spiro atoms. The highest BCUT2D eigenvalue weighted by Crippen LogP contribution is 2.49. The van der Waals surface area contributed by atoms with Crippen LogP contribution in [0.4, 0.5) is 20.2 Å². The van der Waals surface area contributed by atoms with Gasteiger partial charge in [-0.25, -0.2) is 8.78 Å². The van der Waals surface area contributed by atoms with Gasteiger partial charge in [-0.3, -0.25) is 24.3 Å². The molecule has 252 valence electrons. The highest BCUT2D eigenvalue weighted by atomic mass is 32.1. The van der Waals surface area contributed by atoms with Crippen molar-refractivity contribution in [2.24, 2.45) is 11.1 Å². The number of anilines is 2. The summed E-state index contributed by atoms with van der Waals surface area (Å²) in [5, 5.41) is 0. The molecule has 3 amide bonds. The van der Waals surface area contributed by atoms with Gasteiger partial charge in [0, 0.05) is 49.5 Å². The van der Waals surface area contributed by atoms with E-state index in [0.717, 1.165) is 22.1 Å². The van der Waals surface area contributed by atoms with Gasteiger partial charge in [0.1, 0.15) is 17.0 Å². The van der Waals surface area contributed by atoms with Gasteiger partial charge < -0.3 is 20.1 Å². The van der Waals surface area contributed by atoms with Crippen molar-refractivity contribution in [3.8, 4) is 21.9 Å². The van der Waals surface area contributed by atoms with Crippen LogP contribution in [-0.4, -0.2) is 47.4 Å². The number of benzene rings is 3. The molecule has 49 heavy (non-hydrogen) atoms. The van der Waals surface area contributed by atoms with Crippen LogP contribution >= 0.6 is 11.3 Å². The van der Waals surface area contributed by atoms with Crippen molar-refractivity contribution in [1.29, 1.82) is 0 Å². The normalized spacial score (nSPS) is 13.9. The molecule has 6 rings (SSSR count). The predicted octanol–water partition coefficient (Wildman–Crippen LogP) is 7.35. The molecule has 5 aromatic rings. The number of methoxy groups -OCH3 is 1. The van der Waals surface area contributed by atoms with Crippen LogP contribution in [0.25, 0.3) is 20.7 Å². The van der Waals surface area contributed by atoms with Crippen LogP contribution in [0.3, 0.4) is 0 Å². The van der Waals surface area contributed by atoms with Crippen LogP contribution in [0.1, 0.15) is 32.3 Å². The highest BCUT2D eigenvalue weighted by Gasteiger charge is 2.57. The summed E-state index contributed by atoms with van der Waals surface area (Å²) in [6.07, 6.45) is 2.13. The summed E-state index contributed by atoms with van der Waals surface area (Å²) in [5.74, 6) is -2.35. The van der Waals surface area contributed by atoms with E-state index in [2.05, 4.69) is 4.98 Å². The van der Waals surface area contributed by atoms with Crippen LogP contribution in [0.15, 0.2) is 85.1 Å². The fourth-order valence-electron chi connectivity index (χ4n) is 5.73. The quantitative estimate of drug-likeness (QED) is 0.138. The van der Waals surface area contributed by atoms with Gasteiger partial charge in [-0.1, -0.05) is 24.3 Å².